The van der Waals surface area contributed by atoms with Crippen molar-refractivity contribution in [2.24, 2.45) is 10.8 Å². The van der Waals surface area contributed by atoms with Gasteiger partial charge in [-0.2, -0.15) is 10.4 Å². The van der Waals surface area contributed by atoms with Gasteiger partial charge in [0.2, 0.25) is 5.71 Å². The van der Waals surface area contributed by atoms with Crippen molar-refractivity contribution in [3.63, 3.8) is 0 Å². The highest BCUT2D eigenvalue weighted by molar-refractivity contribution is 6.45. The van der Waals surface area contributed by atoms with E-state index in [1.807, 2.05) is 0 Å². The van der Waals surface area contributed by atoms with Crippen LogP contribution in [-0.2, 0) is 0 Å². The summed E-state index contributed by atoms with van der Waals surface area (Å²) in [5.74, 6) is -0.533. The largest absolute Gasteiger partial charge is 0.382 e. The smallest absolute Gasteiger partial charge is 0.265 e. The van der Waals surface area contributed by atoms with Crippen molar-refractivity contribution in [3.05, 3.63) is 29.8 Å². The van der Waals surface area contributed by atoms with E-state index in [1.165, 1.54) is 18.2 Å². The van der Waals surface area contributed by atoms with Crippen LogP contribution in [0.1, 0.15) is 12.0 Å². The predicted molar refractivity (Wildman–Crippen MR) is 60.0 cm³/mol. The van der Waals surface area contributed by atoms with Gasteiger partial charge in [0, 0.05) is 5.56 Å². The number of halogens is 2. The fourth-order valence-electron chi connectivity index (χ4n) is 1.05. The lowest BCUT2D eigenvalue weighted by Crippen LogP contribution is -2.22. The van der Waals surface area contributed by atoms with Crippen molar-refractivity contribution in [2.75, 3.05) is 5.43 Å². The van der Waals surface area contributed by atoms with Gasteiger partial charge < -0.3 is 5.73 Å². The van der Waals surface area contributed by atoms with Crippen LogP contribution >= 0.6 is 0 Å². The first kappa shape index (κ1) is 12.6. The molecule has 0 heterocycles. The zero-order valence-electron chi connectivity index (χ0n) is 8.61. The molecule has 4 N–H and O–H groups in total. The maximum absolute atomic E-state index is 12.6. The van der Waals surface area contributed by atoms with Gasteiger partial charge in [-0.3, -0.25) is 10.8 Å². The standard InChI is InChI=1S/C10H9F2N5/c11-9(12)6-3-1-2-4-7(6)16-17-8(5-13)10(14)15/h1-4,9,16H,(H3,14,15)/b17-8+. The second-order valence-corrected chi connectivity index (χ2v) is 2.99. The third-order valence-electron chi connectivity index (χ3n) is 1.85. The average Bonchev–Trinajstić information content (AvgIpc) is 2.29. The van der Waals surface area contributed by atoms with Crippen molar-refractivity contribution in [1.82, 2.24) is 0 Å². The number of anilines is 1. The van der Waals surface area contributed by atoms with Crippen molar-refractivity contribution in [3.8, 4) is 6.07 Å². The molecule has 7 heteroatoms. The Kier molecular flexibility index (Phi) is 4.11. The Labute approximate surface area is 96.1 Å². The number of rotatable bonds is 4. The molecule has 0 aliphatic heterocycles. The molecule has 0 fully saturated rings. The zero-order valence-corrected chi connectivity index (χ0v) is 8.61. The predicted octanol–water partition coefficient (Wildman–Crippen LogP) is 1.85. The van der Waals surface area contributed by atoms with Crippen LogP contribution in [0.2, 0.25) is 0 Å². The lowest BCUT2D eigenvalue weighted by molar-refractivity contribution is 0.152. The van der Waals surface area contributed by atoms with Gasteiger partial charge in [0.25, 0.3) is 6.43 Å². The number of nitrogens with two attached hydrogens (primary N) is 1. The van der Waals surface area contributed by atoms with Gasteiger partial charge in [0.1, 0.15) is 6.07 Å². The Morgan fingerprint density at radius 3 is 2.65 bits per heavy atom. The molecular formula is C10H9F2N5. The Balaban J connectivity index is 2.97. The normalized spacial score (nSPS) is 11.1. The van der Waals surface area contributed by atoms with Gasteiger partial charge in [-0.15, -0.1) is 0 Å². The summed E-state index contributed by atoms with van der Waals surface area (Å²) < 4.78 is 25.1. The van der Waals surface area contributed by atoms with Crippen LogP contribution < -0.4 is 11.2 Å². The monoisotopic (exact) mass is 237 g/mol. The number of benzene rings is 1. The Bertz CT molecular complexity index is 490. The van der Waals surface area contributed by atoms with Crippen LogP contribution in [0, 0.1) is 16.7 Å². The number of amidine groups is 1. The number of nitrogens with one attached hydrogen (secondary N) is 2. The second-order valence-electron chi connectivity index (χ2n) is 2.99. The number of hydrogen-bond donors (Lipinski definition) is 3. The van der Waals surface area contributed by atoms with Crippen molar-refractivity contribution in [1.29, 1.82) is 10.7 Å². The van der Waals surface area contributed by atoms with Gasteiger partial charge in [-0.05, 0) is 6.07 Å². The Morgan fingerprint density at radius 1 is 1.47 bits per heavy atom. The number of para-hydroxylation sites is 1. The molecule has 0 amide bonds. The number of nitriles is 1. The van der Waals surface area contributed by atoms with Gasteiger partial charge in [-0.1, -0.05) is 18.2 Å². The molecular weight excluding hydrogens is 228 g/mol. The van der Waals surface area contributed by atoms with E-state index in [2.05, 4.69) is 10.5 Å². The summed E-state index contributed by atoms with van der Waals surface area (Å²) in [5.41, 5.74) is 6.80. The molecule has 0 bridgehead atoms. The van der Waals surface area contributed by atoms with Crippen LogP contribution in [0.25, 0.3) is 0 Å². The Hall–Kier alpha value is -2.49. The molecule has 0 saturated heterocycles. The van der Waals surface area contributed by atoms with E-state index in [0.717, 1.165) is 0 Å². The zero-order chi connectivity index (χ0) is 12.8. The quantitative estimate of drug-likeness (QED) is 0.423. The minimum atomic E-state index is -2.66. The van der Waals surface area contributed by atoms with E-state index in [4.69, 9.17) is 16.4 Å². The minimum Gasteiger partial charge on any atom is -0.382 e. The summed E-state index contributed by atoms with van der Waals surface area (Å²) >= 11 is 0. The first-order valence-corrected chi connectivity index (χ1v) is 4.51. The van der Waals surface area contributed by atoms with E-state index < -0.39 is 12.3 Å². The fourth-order valence-corrected chi connectivity index (χ4v) is 1.05. The highest BCUT2D eigenvalue weighted by atomic mass is 19.3. The van der Waals surface area contributed by atoms with Gasteiger partial charge in [0.15, 0.2) is 5.84 Å². The third-order valence-corrected chi connectivity index (χ3v) is 1.85. The molecule has 0 atom stereocenters. The van der Waals surface area contributed by atoms with Crippen LogP contribution in [0.3, 0.4) is 0 Å². The van der Waals surface area contributed by atoms with Crippen LogP contribution in [0.5, 0.6) is 0 Å². The van der Waals surface area contributed by atoms with Gasteiger partial charge in [0.05, 0.1) is 5.69 Å². The summed E-state index contributed by atoms with van der Waals surface area (Å²) in [6.45, 7) is 0. The maximum atomic E-state index is 12.6. The Morgan fingerprint density at radius 2 is 2.12 bits per heavy atom. The molecule has 0 aliphatic rings. The number of hydrogen-bond acceptors (Lipinski definition) is 4. The van der Waals surface area contributed by atoms with E-state index in [0.29, 0.717) is 0 Å². The second kappa shape index (κ2) is 5.55. The molecule has 0 unspecified atom stereocenters. The first-order chi connectivity index (χ1) is 8.06. The molecule has 17 heavy (non-hydrogen) atoms. The van der Waals surface area contributed by atoms with Crippen molar-refractivity contribution in [2.45, 2.75) is 6.43 Å². The molecule has 0 aromatic heterocycles. The molecule has 1 aromatic carbocycles. The summed E-state index contributed by atoms with van der Waals surface area (Å²) in [4.78, 5) is 0. The van der Waals surface area contributed by atoms with E-state index in [-0.39, 0.29) is 17.0 Å². The summed E-state index contributed by atoms with van der Waals surface area (Å²) in [5, 5.41) is 19.0. The highest BCUT2D eigenvalue weighted by Gasteiger charge is 2.11. The van der Waals surface area contributed by atoms with Crippen molar-refractivity contribution >= 4 is 17.2 Å². The minimum absolute atomic E-state index is 0.0662. The molecule has 1 rings (SSSR count). The molecule has 0 aliphatic carbocycles. The number of nitrogens with zero attached hydrogens (tertiary/aromatic N) is 2. The fraction of sp³-hybridized carbons (Fsp3) is 0.100. The molecule has 5 nitrogen and oxygen atoms in total. The van der Waals surface area contributed by atoms with E-state index in [1.54, 1.807) is 12.1 Å². The SMILES string of the molecule is N#C/C(=N\Nc1ccccc1C(F)F)C(=N)N. The number of hydrazone groups is 1. The third kappa shape index (κ3) is 3.24. The first-order valence-electron chi connectivity index (χ1n) is 4.51. The summed E-state index contributed by atoms with van der Waals surface area (Å²) in [6.07, 6.45) is -2.66. The van der Waals surface area contributed by atoms with Crippen LogP contribution in [0.15, 0.2) is 29.4 Å². The number of alkyl halides is 2. The van der Waals surface area contributed by atoms with Gasteiger partial charge in [-0.25, -0.2) is 8.78 Å². The lowest BCUT2D eigenvalue weighted by Gasteiger charge is -2.07. The average molecular weight is 237 g/mol. The lowest BCUT2D eigenvalue weighted by atomic mass is 10.2. The van der Waals surface area contributed by atoms with Crippen LogP contribution in [0.4, 0.5) is 14.5 Å². The molecule has 88 valence electrons. The topological polar surface area (TPSA) is 98.0 Å². The molecule has 0 spiro atoms. The summed E-state index contributed by atoms with van der Waals surface area (Å²) in [6, 6.07) is 7.21. The molecule has 1 aromatic rings. The highest BCUT2D eigenvalue weighted by Crippen LogP contribution is 2.26. The van der Waals surface area contributed by atoms with E-state index in [9.17, 15) is 8.78 Å². The summed E-state index contributed by atoms with van der Waals surface area (Å²) in [7, 11) is 0. The van der Waals surface area contributed by atoms with Crippen molar-refractivity contribution < 1.29 is 8.78 Å². The van der Waals surface area contributed by atoms with Crippen LogP contribution in [-0.4, -0.2) is 11.5 Å². The maximum Gasteiger partial charge on any atom is 0.265 e. The van der Waals surface area contributed by atoms with Gasteiger partial charge >= 0.3 is 0 Å². The molecule has 0 radical (unpaired) electrons. The van der Waals surface area contributed by atoms with E-state index >= 15 is 0 Å². The molecule has 0 saturated carbocycles.